The number of fused-ring (bicyclic) bond motifs is 1. The van der Waals surface area contributed by atoms with Crippen molar-refractivity contribution in [3.8, 4) is 0 Å². The van der Waals surface area contributed by atoms with Crippen molar-refractivity contribution >= 4 is 33.4 Å². The van der Waals surface area contributed by atoms with E-state index >= 15 is 0 Å². The Balaban J connectivity index is 1.48. The van der Waals surface area contributed by atoms with E-state index in [2.05, 4.69) is 10.2 Å². The highest BCUT2D eigenvalue weighted by Crippen LogP contribution is 2.22. The molecular formula is C22H26N4O2S. The van der Waals surface area contributed by atoms with Gasteiger partial charge in [-0.1, -0.05) is 29.8 Å². The van der Waals surface area contributed by atoms with E-state index in [0.717, 1.165) is 37.0 Å². The molecule has 3 heterocycles. The fourth-order valence-corrected chi connectivity index (χ4v) is 4.46. The molecule has 0 spiro atoms. The monoisotopic (exact) mass is 410 g/mol. The smallest absolute Gasteiger partial charge is 0.272 e. The van der Waals surface area contributed by atoms with Crippen molar-refractivity contribution in [2.45, 2.75) is 45.7 Å². The molecule has 0 bridgehead atoms. The number of thiophene rings is 1. The molecule has 0 radical (unpaired) electrons. The summed E-state index contributed by atoms with van der Waals surface area (Å²) in [4.78, 5) is 32.4. The first-order chi connectivity index (χ1) is 14.1. The second-order valence-electron chi connectivity index (χ2n) is 7.56. The van der Waals surface area contributed by atoms with Gasteiger partial charge in [-0.15, -0.1) is 11.3 Å². The number of benzene rings is 1. The van der Waals surface area contributed by atoms with Gasteiger partial charge in [0.2, 0.25) is 11.9 Å². The van der Waals surface area contributed by atoms with Crippen molar-refractivity contribution < 1.29 is 4.79 Å². The minimum atomic E-state index is -0.0617. The number of piperidine rings is 1. The average Bonchev–Trinajstić information content (AvgIpc) is 3.22. The molecule has 6 nitrogen and oxygen atoms in total. The molecule has 0 aliphatic carbocycles. The van der Waals surface area contributed by atoms with Gasteiger partial charge in [0.05, 0.1) is 5.52 Å². The molecule has 1 aromatic carbocycles. The maximum atomic E-state index is 13.1. The van der Waals surface area contributed by atoms with Crippen LogP contribution in [0.15, 0.2) is 40.5 Å². The third-order valence-electron chi connectivity index (χ3n) is 5.36. The first kappa shape index (κ1) is 19.6. The van der Waals surface area contributed by atoms with Crippen LogP contribution < -0.4 is 15.8 Å². The molecule has 29 heavy (non-hydrogen) atoms. The van der Waals surface area contributed by atoms with E-state index in [1.165, 1.54) is 23.3 Å². The topological polar surface area (TPSA) is 67.2 Å². The SMILES string of the molecule is Cc1ccc(CNC(=O)CCn2c(N3CCCCC3)nc3ccsc3c2=O)cc1. The summed E-state index contributed by atoms with van der Waals surface area (Å²) < 4.78 is 2.35. The van der Waals surface area contributed by atoms with Gasteiger partial charge < -0.3 is 10.2 Å². The molecule has 0 unspecified atom stereocenters. The van der Waals surface area contributed by atoms with Crippen LogP contribution in [0.4, 0.5) is 5.95 Å². The Labute approximate surface area is 174 Å². The summed E-state index contributed by atoms with van der Waals surface area (Å²) in [6, 6.07) is 10.0. The zero-order valence-electron chi connectivity index (χ0n) is 16.7. The highest BCUT2D eigenvalue weighted by molar-refractivity contribution is 7.17. The summed E-state index contributed by atoms with van der Waals surface area (Å²) in [7, 11) is 0. The summed E-state index contributed by atoms with van der Waals surface area (Å²) in [5, 5.41) is 4.85. The van der Waals surface area contributed by atoms with Gasteiger partial charge in [0.1, 0.15) is 4.70 Å². The van der Waals surface area contributed by atoms with Gasteiger partial charge in [-0.05, 0) is 43.2 Å². The molecule has 1 aliphatic rings. The average molecular weight is 411 g/mol. The molecule has 152 valence electrons. The summed E-state index contributed by atoms with van der Waals surface area (Å²) in [5.74, 6) is 0.639. The molecule has 1 amide bonds. The minimum absolute atomic E-state index is 0.0445. The highest BCUT2D eigenvalue weighted by Gasteiger charge is 2.20. The van der Waals surface area contributed by atoms with Gasteiger partial charge in [-0.25, -0.2) is 4.98 Å². The van der Waals surface area contributed by atoms with Crippen LogP contribution in [0.1, 0.15) is 36.8 Å². The van der Waals surface area contributed by atoms with Crippen molar-refractivity contribution in [3.63, 3.8) is 0 Å². The third kappa shape index (κ3) is 4.50. The van der Waals surface area contributed by atoms with Crippen molar-refractivity contribution in [1.29, 1.82) is 0 Å². The number of carbonyl (C=O) groups is 1. The third-order valence-corrected chi connectivity index (χ3v) is 6.25. The van der Waals surface area contributed by atoms with Crippen LogP contribution >= 0.6 is 11.3 Å². The number of anilines is 1. The first-order valence-corrected chi connectivity index (χ1v) is 11.0. The number of rotatable bonds is 6. The van der Waals surface area contributed by atoms with Crippen LogP contribution in [0.25, 0.3) is 10.2 Å². The molecule has 0 saturated carbocycles. The Kier molecular flexibility index (Phi) is 5.94. The molecule has 4 rings (SSSR count). The Morgan fingerprint density at radius 3 is 2.66 bits per heavy atom. The maximum absolute atomic E-state index is 13.1. The lowest BCUT2D eigenvalue weighted by atomic mass is 10.1. The van der Waals surface area contributed by atoms with E-state index in [1.54, 1.807) is 4.57 Å². The normalized spacial score (nSPS) is 14.3. The Morgan fingerprint density at radius 2 is 1.90 bits per heavy atom. The lowest BCUT2D eigenvalue weighted by molar-refractivity contribution is -0.121. The summed E-state index contributed by atoms with van der Waals surface area (Å²) in [6.07, 6.45) is 3.68. The van der Waals surface area contributed by atoms with Crippen molar-refractivity contribution in [1.82, 2.24) is 14.9 Å². The number of aryl methyl sites for hydroxylation is 1. The molecule has 1 fully saturated rings. The van der Waals surface area contributed by atoms with Gasteiger partial charge in [-0.3, -0.25) is 14.2 Å². The number of nitrogens with one attached hydrogen (secondary N) is 1. The largest absolute Gasteiger partial charge is 0.352 e. The van der Waals surface area contributed by atoms with E-state index < -0.39 is 0 Å². The predicted octanol–water partition coefficient (Wildman–Crippen LogP) is 3.46. The van der Waals surface area contributed by atoms with Crippen LogP contribution in [0, 0.1) is 6.92 Å². The van der Waals surface area contributed by atoms with Crippen LogP contribution in [-0.4, -0.2) is 28.5 Å². The lowest BCUT2D eigenvalue weighted by Gasteiger charge is -2.29. The molecule has 7 heteroatoms. The number of aromatic nitrogens is 2. The number of hydrogen-bond acceptors (Lipinski definition) is 5. The first-order valence-electron chi connectivity index (χ1n) is 10.2. The van der Waals surface area contributed by atoms with Crippen LogP contribution in [0.2, 0.25) is 0 Å². The lowest BCUT2D eigenvalue weighted by Crippen LogP contribution is -2.37. The zero-order valence-corrected chi connectivity index (χ0v) is 17.5. The molecule has 3 aromatic rings. The zero-order chi connectivity index (χ0) is 20.2. The van der Waals surface area contributed by atoms with Gasteiger partial charge in [0.15, 0.2) is 0 Å². The molecule has 1 aliphatic heterocycles. The predicted molar refractivity (Wildman–Crippen MR) is 118 cm³/mol. The fourth-order valence-electron chi connectivity index (χ4n) is 3.68. The van der Waals surface area contributed by atoms with Gasteiger partial charge in [0.25, 0.3) is 5.56 Å². The highest BCUT2D eigenvalue weighted by atomic mass is 32.1. The summed E-state index contributed by atoms with van der Waals surface area (Å²) in [5.41, 5.74) is 2.97. The van der Waals surface area contributed by atoms with Gasteiger partial charge in [-0.2, -0.15) is 0 Å². The molecule has 1 saturated heterocycles. The van der Waals surface area contributed by atoms with Crippen molar-refractivity contribution in [2.75, 3.05) is 18.0 Å². The number of carbonyl (C=O) groups excluding carboxylic acids is 1. The fraction of sp³-hybridized carbons (Fsp3) is 0.409. The summed E-state index contributed by atoms with van der Waals surface area (Å²) in [6.45, 7) is 4.68. The quantitative estimate of drug-likeness (QED) is 0.676. The molecule has 2 aromatic heterocycles. The number of amides is 1. The molecule has 0 atom stereocenters. The summed E-state index contributed by atoms with van der Waals surface area (Å²) >= 11 is 1.41. The molecular weight excluding hydrogens is 384 g/mol. The maximum Gasteiger partial charge on any atom is 0.272 e. The van der Waals surface area contributed by atoms with E-state index in [9.17, 15) is 9.59 Å². The number of hydrogen-bond donors (Lipinski definition) is 1. The van der Waals surface area contributed by atoms with Crippen LogP contribution in [0.5, 0.6) is 0 Å². The Bertz CT molecular complexity index is 1050. The van der Waals surface area contributed by atoms with Crippen molar-refractivity contribution in [3.05, 3.63) is 57.2 Å². The Hall–Kier alpha value is -2.67. The second-order valence-corrected chi connectivity index (χ2v) is 8.48. The minimum Gasteiger partial charge on any atom is -0.352 e. The van der Waals surface area contributed by atoms with Gasteiger partial charge in [0, 0.05) is 32.6 Å². The van der Waals surface area contributed by atoms with E-state index in [0.29, 0.717) is 23.7 Å². The van der Waals surface area contributed by atoms with Crippen molar-refractivity contribution in [2.24, 2.45) is 0 Å². The molecule has 1 N–H and O–H groups in total. The van der Waals surface area contributed by atoms with E-state index in [-0.39, 0.29) is 17.9 Å². The van der Waals surface area contributed by atoms with E-state index in [4.69, 9.17) is 4.98 Å². The van der Waals surface area contributed by atoms with Crippen LogP contribution in [0.3, 0.4) is 0 Å². The van der Waals surface area contributed by atoms with Crippen LogP contribution in [-0.2, 0) is 17.9 Å². The Morgan fingerprint density at radius 1 is 1.14 bits per heavy atom. The second kappa shape index (κ2) is 8.78. The number of nitrogens with zero attached hydrogens (tertiary/aromatic N) is 3. The standard InChI is InChI=1S/C22H26N4O2S/c1-16-5-7-17(8-6-16)15-23-19(27)9-13-26-21(28)20-18(10-14-29-20)24-22(26)25-11-3-2-4-12-25/h5-8,10,14H,2-4,9,11-13,15H2,1H3,(H,23,27). The van der Waals surface area contributed by atoms with Gasteiger partial charge >= 0.3 is 0 Å². The van der Waals surface area contributed by atoms with E-state index in [1.807, 2.05) is 42.6 Å².